The van der Waals surface area contributed by atoms with Gasteiger partial charge in [0.15, 0.2) is 0 Å². The summed E-state index contributed by atoms with van der Waals surface area (Å²) in [7, 11) is 0. The minimum absolute atomic E-state index is 0.0368. The maximum Gasteiger partial charge on any atom is 0.251 e. The standard InChI is InChI=1S/C7H12F2N2/c8-7(9)3-1-2-5(7)4-6(10)11/h5H,1-4H2,(H3,10,11). The lowest BCUT2D eigenvalue weighted by Gasteiger charge is -2.17. The Kier molecular flexibility index (Phi) is 2.11. The third kappa shape index (κ3) is 1.88. The summed E-state index contributed by atoms with van der Waals surface area (Å²) in [4.78, 5) is 0. The molecule has 0 amide bonds. The summed E-state index contributed by atoms with van der Waals surface area (Å²) in [6.07, 6.45) is 1.08. The first-order valence-electron chi connectivity index (χ1n) is 3.73. The molecule has 1 aliphatic carbocycles. The highest BCUT2D eigenvalue weighted by molar-refractivity contribution is 5.77. The zero-order valence-electron chi connectivity index (χ0n) is 6.24. The Bertz CT molecular complexity index is 168. The van der Waals surface area contributed by atoms with Gasteiger partial charge in [-0.1, -0.05) is 0 Å². The minimum atomic E-state index is -2.58. The van der Waals surface area contributed by atoms with E-state index in [-0.39, 0.29) is 18.7 Å². The van der Waals surface area contributed by atoms with Crippen LogP contribution in [0.1, 0.15) is 25.7 Å². The topological polar surface area (TPSA) is 49.9 Å². The van der Waals surface area contributed by atoms with Crippen molar-refractivity contribution in [2.24, 2.45) is 11.7 Å². The summed E-state index contributed by atoms with van der Waals surface area (Å²) in [5.74, 6) is -3.39. The van der Waals surface area contributed by atoms with Crippen LogP contribution in [0.2, 0.25) is 0 Å². The van der Waals surface area contributed by atoms with Gasteiger partial charge in [0.25, 0.3) is 5.92 Å². The fraction of sp³-hybridized carbons (Fsp3) is 0.857. The van der Waals surface area contributed by atoms with Crippen molar-refractivity contribution in [1.29, 1.82) is 5.41 Å². The van der Waals surface area contributed by atoms with Crippen LogP contribution in [0.3, 0.4) is 0 Å². The van der Waals surface area contributed by atoms with Crippen LogP contribution in [0, 0.1) is 11.3 Å². The molecule has 0 spiro atoms. The molecule has 0 aromatic rings. The molecule has 0 saturated heterocycles. The zero-order valence-corrected chi connectivity index (χ0v) is 6.24. The molecule has 0 aliphatic heterocycles. The normalized spacial score (nSPS) is 28.7. The number of halogens is 2. The fourth-order valence-electron chi connectivity index (χ4n) is 1.52. The van der Waals surface area contributed by atoms with Gasteiger partial charge in [-0.25, -0.2) is 8.78 Å². The van der Waals surface area contributed by atoms with Crippen LogP contribution in [0.15, 0.2) is 0 Å². The minimum Gasteiger partial charge on any atom is -0.388 e. The molecule has 1 rings (SSSR count). The van der Waals surface area contributed by atoms with E-state index in [4.69, 9.17) is 11.1 Å². The van der Waals surface area contributed by atoms with Gasteiger partial charge < -0.3 is 5.73 Å². The second-order valence-corrected chi connectivity index (χ2v) is 3.08. The highest BCUT2D eigenvalue weighted by Gasteiger charge is 2.43. The van der Waals surface area contributed by atoms with Gasteiger partial charge in [-0.15, -0.1) is 0 Å². The molecule has 0 aromatic carbocycles. The van der Waals surface area contributed by atoms with Crippen LogP contribution in [-0.2, 0) is 0 Å². The maximum absolute atomic E-state index is 12.8. The molecule has 1 aliphatic rings. The average molecular weight is 162 g/mol. The molecular formula is C7H12F2N2. The van der Waals surface area contributed by atoms with Crippen molar-refractivity contribution in [3.05, 3.63) is 0 Å². The van der Waals surface area contributed by atoms with Crippen molar-refractivity contribution in [2.75, 3.05) is 0 Å². The van der Waals surface area contributed by atoms with Crippen LogP contribution in [0.4, 0.5) is 8.78 Å². The van der Waals surface area contributed by atoms with Crippen LogP contribution in [-0.4, -0.2) is 11.8 Å². The number of hydrogen-bond donors (Lipinski definition) is 2. The van der Waals surface area contributed by atoms with Crippen LogP contribution >= 0.6 is 0 Å². The van der Waals surface area contributed by atoms with Crippen molar-refractivity contribution in [2.45, 2.75) is 31.6 Å². The molecule has 0 radical (unpaired) electrons. The lowest BCUT2D eigenvalue weighted by Crippen LogP contribution is -2.26. The van der Waals surface area contributed by atoms with E-state index in [1.54, 1.807) is 0 Å². The summed E-state index contributed by atoms with van der Waals surface area (Å²) in [5.41, 5.74) is 5.04. The predicted molar refractivity (Wildman–Crippen MR) is 38.8 cm³/mol. The van der Waals surface area contributed by atoms with E-state index >= 15 is 0 Å². The van der Waals surface area contributed by atoms with Crippen molar-refractivity contribution in [3.63, 3.8) is 0 Å². The highest BCUT2D eigenvalue weighted by Crippen LogP contribution is 2.41. The number of hydrogen-bond acceptors (Lipinski definition) is 1. The van der Waals surface area contributed by atoms with Crippen molar-refractivity contribution in [1.82, 2.24) is 0 Å². The van der Waals surface area contributed by atoms with E-state index in [1.165, 1.54) is 0 Å². The lowest BCUT2D eigenvalue weighted by molar-refractivity contribution is -0.0341. The van der Waals surface area contributed by atoms with Gasteiger partial charge >= 0.3 is 0 Å². The van der Waals surface area contributed by atoms with Crippen molar-refractivity contribution >= 4 is 5.84 Å². The van der Waals surface area contributed by atoms with Crippen LogP contribution in [0.25, 0.3) is 0 Å². The van der Waals surface area contributed by atoms with Crippen LogP contribution in [0.5, 0.6) is 0 Å². The third-order valence-electron chi connectivity index (χ3n) is 2.13. The van der Waals surface area contributed by atoms with E-state index in [2.05, 4.69) is 0 Å². The summed E-state index contributed by atoms with van der Waals surface area (Å²) >= 11 is 0. The molecule has 2 nitrogen and oxygen atoms in total. The number of nitrogens with two attached hydrogens (primary N) is 1. The van der Waals surface area contributed by atoms with Gasteiger partial charge in [0.2, 0.25) is 0 Å². The Morgan fingerprint density at radius 3 is 2.64 bits per heavy atom. The largest absolute Gasteiger partial charge is 0.388 e. The molecule has 0 aromatic heterocycles. The molecule has 1 saturated carbocycles. The number of nitrogens with one attached hydrogen (secondary N) is 1. The first kappa shape index (κ1) is 8.43. The average Bonchev–Trinajstić information content (AvgIpc) is 2.10. The van der Waals surface area contributed by atoms with E-state index < -0.39 is 11.8 Å². The Morgan fingerprint density at radius 1 is 1.64 bits per heavy atom. The fourth-order valence-corrected chi connectivity index (χ4v) is 1.52. The second-order valence-electron chi connectivity index (χ2n) is 3.08. The van der Waals surface area contributed by atoms with Gasteiger partial charge in [0.1, 0.15) is 0 Å². The molecule has 1 unspecified atom stereocenters. The molecule has 11 heavy (non-hydrogen) atoms. The predicted octanol–water partition coefficient (Wildman–Crippen LogP) is 1.75. The molecule has 0 heterocycles. The Balaban J connectivity index is 2.51. The zero-order chi connectivity index (χ0) is 8.48. The summed E-state index contributed by atoms with van der Waals surface area (Å²) in [6, 6.07) is 0. The number of alkyl halides is 2. The van der Waals surface area contributed by atoms with E-state index in [9.17, 15) is 8.78 Å². The molecule has 64 valence electrons. The third-order valence-corrected chi connectivity index (χ3v) is 2.13. The SMILES string of the molecule is N=C(N)CC1CCCC1(F)F. The van der Waals surface area contributed by atoms with Gasteiger partial charge in [0, 0.05) is 18.8 Å². The molecule has 3 N–H and O–H groups in total. The summed E-state index contributed by atoms with van der Waals surface area (Å²) < 4.78 is 25.6. The Morgan fingerprint density at radius 2 is 2.27 bits per heavy atom. The molecule has 1 fully saturated rings. The molecule has 4 heteroatoms. The second kappa shape index (κ2) is 2.75. The maximum atomic E-state index is 12.8. The molecule has 0 bridgehead atoms. The molecule has 1 atom stereocenters. The quantitative estimate of drug-likeness (QED) is 0.471. The van der Waals surface area contributed by atoms with E-state index in [1.807, 2.05) is 0 Å². The van der Waals surface area contributed by atoms with Gasteiger partial charge in [-0.2, -0.15) is 0 Å². The first-order valence-corrected chi connectivity index (χ1v) is 3.73. The number of rotatable bonds is 2. The van der Waals surface area contributed by atoms with E-state index in [0.29, 0.717) is 12.8 Å². The Labute approximate surface area is 64.3 Å². The van der Waals surface area contributed by atoms with Crippen molar-refractivity contribution in [3.8, 4) is 0 Å². The summed E-state index contributed by atoms with van der Waals surface area (Å²) in [6.45, 7) is 0. The highest BCUT2D eigenvalue weighted by atomic mass is 19.3. The van der Waals surface area contributed by atoms with Gasteiger partial charge in [0.05, 0.1) is 5.84 Å². The van der Waals surface area contributed by atoms with Gasteiger partial charge in [-0.3, -0.25) is 5.41 Å². The smallest absolute Gasteiger partial charge is 0.251 e. The van der Waals surface area contributed by atoms with Crippen LogP contribution < -0.4 is 5.73 Å². The monoisotopic (exact) mass is 162 g/mol. The summed E-state index contributed by atoms with van der Waals surface area (Å²) in [5, 5.41) is 6.88. The van der Waals surface area contributed by atoms with Gasteiger partial charge in [-0.05, 0) is 12.8 Å². The lowest BCUT2D eigenvalue weighted by atomic mass is 10.0. The van der Waals surface area contributed by atoms with Crippen molar-refractivity contribution < 1.29 is 8.78 Å². The van der Waals surface area contributed by atoms with E-state index in [0.717, 1.165) is 0 Å². The number of amidine groups is 1. The Hall–Kier alpha value is -0.670. The molecular weight excluding hydrogens is 150 g/mol. The first-order chi connectivity index (χ1) is 5.02.